The molecular weight excluding hydrogens is 306 g/mol. The average molecular weight is 325 g/mol. The number of hydrogen-bond donors (Lipinski definition) is 1. The van der Waals surface area contributed by atoms with Crippen molar-refractivity contribution < 1.29 is 22.7 Å². The van der Waals surface area contributed by atoms with E-state index in [2.05, 4.69) is 5.32 Å². The first-order chi connectivity index (χ1) is 10.3. The second-order valence-corrected chi connectivity index (χ2v) is 7.59. The monoisotopic (exact) mass is 325 g/mol. The van der Waals surface area contributed by atoms with Gasteiger partial charge in [-0.05, 0) is 37.0 Å². The lowest BCUT2D eigenvalue weighted by Gasteiger charge is -2.14. The van der Waals surface area contributed by atoms with Crippen LogP contribution in [0.4, 0.5) is 0 Å². The molecule has 1 amide bonds. The molecule has 1 fully saturated rings. The van der Waals surface area contributed by atoms with Gasteiger partial charge in [-0.2, -0.15) is 0 Å². The van der Waals surface area contributed by atoms with Gasteiger partial charge in [-0.1, -0.05) is 12.1 Å². The van der Waals surface area contributed by atoms with Crippen molar-refractivity contribution in [2.75, 3.05) is 12.8 Å². The molecule has 2 rings (SSSR count). The van der Waals surface area contributed by atoms with Gasteiger partial charge in [-0.15, -0.1) is 0 Å². The SMILES string of the molecule is CS(=O)(=O)Cc1ccc(C(=O)OC2CCCCNC2=O)cc1. The molecule has 1 aliphatic rings. The maximum atomic E-state index is 12.0. The molecule has 1 unspecified atom stereocenters. The Hall–Kier alpha value is -1.89. The first-order valence-corrected chi connectivity index (χ1v) is 9.16. The maximum Gasteiger partial charge on any atom is 0.338 e. The van der Waals surface area contributed by atoms with Gasteiger partial charge in [0.2, 0.25) is 0 Å². The zero-order valence-corrected chi connectivity index (χ0v) is 13.2. The minimum Gasteiger partial charge on any atom is -0.449 e. The standard InChI is InChI=1S/C15H19NO5S/c1-22(19,20)10-11-5-7-12(8-6-11)15(18)21-13-4-2-3-9-16-14(13)17/h5-8,13H,2-4,9-10H2,1H3,(H,16,17). The largest absolute Gasteiger partial charge is 0.449 e. The highest BCUT2D eigenvalue weighted by Crippen LogP contribution is 2.13. The molecule has 1 saturated heterocycles. The predicted octanol–water partition coefficient (Wildman–Crippen LogP) is 1.06. The van der Waals surface area contributed by atoms with Gasteiger partial charge in [0.15, 0.2) is 15.9 Å². The fourth-order valence-electron chi connectivity index (χ4n) is 2.26. The van der Waals surface area contributed by atoms with Gasteiger partial charge in [-0.25, -0.2) is 13.2 Å². The van der Waals surface area contributed by atoms with E-state index in [-0.39, 0.29) is 11.7 Å². The molecule has 0 aromatic heterocycles. The molecule has 0 aliphatic carbocycles. The van der Waals surface area contributed by atoms with Gasteiger partial charge in [0.25, 0.3) is 5.91 Å². The van der Waals surface area contributed by atoms with E-state index in [0.717, 1.165) is 19.1 Å². The van der Waals surface area contributed by atoms with Crippen molar-refractivity contribution >= 4 is 21.7 Å². The first kappa shape index (κ1) is 16.5. The van der Waals surface area contributed by atoms with Crippen molar-refractivity contribution in [2.24, 2.45) is 0 Å². The second-order valence-electron chi connectivity index (χ2n) is 5.45. The highest BCUT2D eigenvalue weighted by molar-refractivity contribution is 7.89. The van der Waals surface area contributed by atoms with E-state index in [0.29, 0.717) is 24.1 Å². The lowest BCUT2D eigenvalue weighted by molar-refractivity contribution is -0.129. The molecule has 1 N–H and O–H groups in total. The van der Waals surface area contributed by atoms with Crippen LogP contribution in [0.25, 0.3) is 0 Å². The van der Waals surface area contributed by atoms with Gasteiger partial charge < -0.3 is 10.1 Å². The summed E-state index contributed by atoms with van der Waals surface area (Å²) in [5.74, 6) is -0.916. The third-order valence-electron chi connectivity index (χ3n) is 3.35. The van der Waals surface area contributed by atoms with Crippen LogP contribution in [0, 0.1) is 0 Å². The number of hydrogen-bond acceptors (Lipinski definition) is 5. The summed E-state index contributed by atoms with van der Waals surface area (Å²) in [6, 6.07) is 6.17. The maximum absolute atomic E-state index is 12.0. The lowest BCUT2D eigenvalue weighted by Crippen LogP contribution is -2.36. The number of carbonyl (C=O) groups excluding carboxylic acids is 2. The Labute approximate surface area is 129 Å². The van der Waals surface area contributed by atoms with Crippen LogP contribution in [0.2, 0.25) is 0 Å². The van der Waals surface area contributed by atoms with Crippen LogP contribution in [0.1, 0.15) is 35.2 Å². The molecule has 22 heavy (non-hydrogen) atoms. The predicted molar refractivity (Wildman–Crippen MR) is 81.1 cm³/mol. The molecule has 0 bridgehead atoms. The summed E-state index contributed by atoms with van der Waals surface area (Å²) in [5.41, 5.74) is 0.903. The number of ether oxygens (including phenoxy) is 1. The van der Waals surface area contributed by atoms with E-state index in [4.69, 9.17) is 4.74 Å². The second kappa shape index (κ2) is 6.91. The quantitative estimate of drug-likeness (QED) is 0.836. The molecule has 1 heterocycles. The fraction of sp³-hybridized carbons (Fsp3) is 0.467. The minimum absolute atomic E-state index is 0.0760. The van der Waals surface area contributed by atoms with E-state index in [1.807, 2.05) is 0 Å². The van der Waals surface area contributed by atoms with E-state index in [1.165, 1.54) is 12.1 Å². The van der Waals surface area contributed by atoms with Crippen LogP contribution >= 0.6 is 0 Å². The van der Waals surface area contributed by atoms with Crippen molar-refractivity contribution in [1.82, 2.24) is 5.32 Å². The van der Waals surface area contributed by atoms with Gasteiger partial charge in [0.1, 0.15) is 0 Å². The van der Waals surface area contributed by atoms with Crippen LogP contribution in [0.3, 0.4) is 0 Å². The summed E-state index contributed by atoms with van der Waals surface area (Å²) in [7, 11) is -3.11. The summed E-state index contributed by atoms with van der Waals surface area (Å²) in [6.07, 6.45) is 2.61. The molecule has 0 spiro atoms. The van der Waals surface area contributed by atoms with Crippen molar-refractivity contribution in [3.05, 3.63) is 35.4 Å². The van der Waals surface area contributed by atoms with Gasteiger partial charge in [0, 0.05) is 12.8 Å². The van der Waals surface area contributed by atoms with Gasteiger partial charge in [-0.3, -0.25) is 4.79 Å². The number of sulfone groups is 1. The van der Waals surface area contributed by atoms with Crippen molar-refractivity contribution in [1.29, 1.82) is 0 Å². The lowest BCUT2D eigenvalue weighted by atomic mass is 10.1. The summed E-state index contributed by atoms with van der Waals surface area (Å²) in [6.45, 7) is 0.604. The van der Waals surface area contributed by atoms with Gasteiger partial charge in [0.05, 0.1) is 11.3 Å². The molecule has 1 aromatic rings. The molecule has 1 aliphatic heterocycles. The van der Waals surface area contributed by atoms with Crippen LogP contribution in [-0.4, -0.2) is 39.2 Å². The summed E-state index contributed by atoms with van der Waals surface area (Å²) in [5, 5.41) is 2.70. The molecule has 7 heteroatoms. The van der Waals surface area contributed by atoms with Crippen molar-refractivity contribution in [2.45, 2.75) is 31.1 Å². The Kier molecular flexibility index (Phi) is 5.18. The highest BCUT2D eigenvalue weighted by atomic mass is 32.2. The molecular formula is C15H19NO5S. The normalized spacial score (nSPS) is 19.1. The smallest absolute Gasteiger partial charge is 0.338 e. The first-order valence-electron chi connectivity index (χ1n) is 7.10. The van der Waals surface area contributed by atoms with E-state index in [1.54, 1.807) is 12.1 Å². The number of carbonyl (C=O) groups is 2. The van der Waals surface area contributed by atoms with Gasteiger partial charge >= 0.3 is 5.97 Å². The third kappa shape index (κ3) is 4.84. The molecule has 120 valence electrons. The Morgan fingerprint density at radius 1 is 1.27 bits per heavy atom. The Morgan fingerprint density at radius 3 is 2.59 bits per heavy atom. The Morgan fingerprint density at radius 2 is 1.95 bits per heavy atom. The van der Waals surface area contributed by atoms with Crippen LogP contribution in [0.5, 0.6) is 0 Å². The fourth-order valence-corrected chi connectivity index (χ4v) is 3.06. The summed E-state index contributed by atoms with van der Waals surface area (Å²) in [4.78, 5) is 23.8. The number of rotatable bonds is 4. The highest BCUT2D eigenvalue weighted by Gasteiger charge is 2.25. The Bertz CT molecular complexity index is 651. The molecule has 1 aromatic carbocycles. The molecule has 6 nitrogen and oxygen atoms in total. The zero-order valence-electron chi connectivity index (χ0n) is 12.4. The molecule has 1 atom stereocenters. The minimum atomic E-state index is -3.11. The molecule has 0 saturated carbocycles. The summed E-state index contributed by atoms with van der Waals surface area (Å²) < 4.78 is 27.7. The van der Waals surface area contributed by atoms with E-state index in [9.17, 15) is 18.0 Å². The Balaban J connectivity index is 2.01. The van der Waals surface area contributed by atoms with Crippen molar-refractivity contribution in [3.63, 3.8) is 0 Å². The average Bonchev–Trinajstić information content (AvgIpc) is 2.63. The number of esters is 1. The number of nitrogens with one attached hydrogen (secondary N) is 1. The number of benzene rings is 1. The van der Waals surface area contributed by atoms with Crippen molar-refractivity contribution in [3.8, 4) is 0 Å². The van der Waals surface area contributed by atoms with Crippen LogP contribution < -0.4 is 5.32 Å². The van der Waals surface area contributed by atoms with Crippen LogP contribution in [-0.2, 0) is 25.1 Å². The third-order valence-corrected chi connectivity index (χ3v) is 4.21. The van der Waals surface area contributed by atoms with E-state index >= 15 is 0 Å². The zero-order chi connectivity index (χ0) is 16.2. The number of amides is 1. The summed E-state index contributed by atoms with van der Waals surface area (Å²) >= 11 is 0. The van der Waals surface area contributed by atoms with Crippen LogP contribution in [0.15, 0.2) is 24.3 Å². The van der Waals surface area contributed by atoms with E-state index < -0.39 is 21.9 Å². The topological polar surface area (TPSA) is 89.5 Å². The molecule has 0 radical (unpaired) electrons.